The van der Waals surface area contributed by atoms with Gasteiger partial charge in [0.15, 0.2) is 11.5 Å². The predicted molar refractivity (Wildman–Crippen MR) is 133 cm³/mol. The van der Waals surface area contributed by atoms with E-state index in [2.05, 4.69) is 58.4 Å². The summed E-state index contributed by atoms with van der Waals surface area (Å²) in [5.41, 5.74) is 4.26. The van der Waals surface area contributed by atoms with Crippen LogP contribution >= 0.6 is 0 Å². The van der Waals surface area contributed by atoms with Gasteiger partial charge in [-0.3, -0.25) is 4.90 Å². The summed E-state index contributed by atoms with van der Waals surface area (Å²) in [4.78, 5) is 23.2. The van der Waals surface area contributed by atoms with Gasteiger partial charge < -0.3 is 24.6 Å². The molecule has 0 aromatic heterocycles. The molecular formula is C27H32N2O6. The van der Waals surface area contributed by atoms with Crippen LogP contribution in [0.1, 0.15) is 29.9 Å². The van der Waals surface area contributed by atoms with E-state index in [4.69, 9.17) is 29.3 Å². The number of aryl methyl sites for hydroxylation is 1. The molecule has 0 radical (unpaired) electrons. The Morgan fingerprint density at radius 1 is 0.943 bits per heavy atom. The number of rotatable bonds is 5. The summed E-state index contributed by atoms with van der Waals surface area (Å²) in [6.07, 6.45) is 8.47. The zero-order valence-corrected chi connectivity index (χ0v) is 19.8. The Labute approximate surface area is 205 Å². The van der Waals surface area contributed by atoms with Crippen molar-refractivity contribution in [1.82, 2.24) is 4.90 Å². The van der Waals surface area contributed by atoms with Gasteiger partial charge >= 0.3 is 11.9 Å². The van der Waals surface area contributed by atoms with Crippen LogP contribution in [0.15, 0.2) is 54.6 Å². The lowest BCUT2D eigenvalue weighted by atomic mass is 10.0. The SMILES string of the molecule is C(=CC1CCc2ccccc21)CCN1CCN(c2cccc3c2OCCO3)CC1.O=C(O)C(=O)O. The van der Waals surface area contributed by atoms with Gasteiger partial charge in [-0.25, -0.2) is 9.59 Å². The third-order valence-corrected chi connectivity index (χ3v) is 6.60. The molecule has 1 fully saturated rings. The molecular weight excluding hydrogens is 448 g/mol. The average molecular weight is 481 g/mol. The maximum Gasteiger partial charge on any atom is 0.414 e. The second kappa shape index (κ2) is 11.8. The number of allylic oxidation sites excluding steroid dienone is 1. The van der Waals surface area contributed by atoms with Gasteiger partial charge in [0.2, 0.25) is 0 Å². The van der Waals surface area contributed by atoms with Gasteiger partial charge in [0, 0.05) is 38.6 Å². The molecule has 3 aliphatic rings. The lowest BCUT2D eigenvalue weighted by Crippen LogP contribution is -2.46. The van der Waals surface area contributed by atoms with Crippen LogP contribution in [0.2, 0.25) is 0 Å². The largest absolute Gasteiger partial charge is 0.486 e. The minimum absolute atomic E-state index is 0.620. The molecule has 8 heteroatoms. The first-order valence-electron chi connectivity index (χ1n) is 12.1. The van der Waals surface area contributed by atoms with Gasteiger partial charge in [-0.1, -0.05) is 42.5 Å². The summed E-state index contributed by atoms with van der Waals surface area (Å²) in [6.45, 7) is 6.71. The van der Waals surface area contributed by atoms with E-state index >= 15 is 0 Å². The zero-order valence-electron chi connectivity index (χ0n) is 19.8. The third kappa shape index (κ3) is 6.33. The Hall–Kier alpha value is -3.52. The van der Waals surface area contributed by atoms with Crippen LogP contribution in [0.3, 0.4) is 0 Å². The number of piperazine rings is 1. The molecule has 2 aromatic carbocycles. The summed E-state index contributed by atoms with van der Waals surface area (Å²) < 4.78 is 11.6. The Kier molecular flexibility index (Phi) is 8.26. The molecule has 186 valence electrons. The van der Waals surface area contributed by atoms with Gasteiger partial charge in [-0.2, -0.15) is 0 Å². The minimum Gasteiger partial charge on any atom is -0.486 e. The van der Waals surface area contributed by atoms with E-state index in [9.17, 15) is 0 Å². The molecule has 8 nitrogen and oxygen atoms in total. The number of anilines is 1. The smallest absolute Gasteiger partial charge is 0.414 e. The summed E-state index contributed by atoms with van der Waals surface area (Å²) in [5, 5.41) is 14.8. The fourth-order valence-corrected chi connectivity index (χ4v) is 4.83. The molecule has 0 spiro atoms. The van der Waals surface area contributed by atoms with Crippen LogP contribution < -0.4 is 14.4 Å². The number of carboxylic acid groups (broad SMARTS) is 2. The van der Waals surface area contributed by atoms with Crippen molar-refractivity contribution in [2.45, 2.75) is 25.2 Å². The van der Waals surface area contributed by atoms with E-state index in [0.717, 1.165) is 50.6 Å². The highest BCUT2D eigenvalue weighted by atomic mass is 16.6. The summed E-state index contributed by atoms with van der Waals surface area (Å²) in [5.74, 6) is -1.22. The predicted octanol–water partition coefficient (Wildman–Crippen LogP) is 3.41. The molecule has 35 heavy (non-hydrogen) atoms. The molecule has 2 heterocycles. The molecule has 1 saturated heterocycles. The van der Waals surface area contributed by atoms with Crippen molar-refractivity contribution in [3.63, 3.8) is 0 Å². The second-order valence-electron chi connectivity index (χ2n) is 8.80. The second-order valence-corrected chi connectivity index (χ2v) is 8.80. The number of carbonyl (C=O) groups is 2. The lowest BCUT2D eigenvalue weighted by molar-refractivity contribution is -0.159. The normalized spacial score (nSPS) is 19.1. The Morgan fingerprint density at radius 2 is 1.69 bits per heavy atom. The molecule has 0 amide bonds. The van der Waals surface area contributed by atoms with Gasteiger partial charge in [-0.05, 0) is 42.5 Å². The van der Waals surface area contributed by atoms with E-state index in [0.29, 0.717) is 19.1 Å². The summed E-state index contributed by atoms with van der Waals surface area (Å²) in [6, 6.07) is 15.1. The van der Waals surface area contributed by atoms with Crippen LogP contribution in [0.4, 0.5) is 5.69 Å². The van der Waals surface area contributed by atoms with Gasteiger partial charge in [-0.15, -0.1) is 0 Å². The average Bonchev–Trinajstić information content (AvgIpc) is 3.30. The maximum absolute atomic E-state index is 9.10. The molecule has 5 rings (SSSR count). The Bertz CT molecular complexity index is 1050. The Balaban J connectivity index is 0.000000431. The number of ether oxygens (including phenoxy) is 2. The first-order chi connectivity index (χ1) is 17.0. The lowest BCUT2D eigenvalue weighted by Gasteiger charge is -2.37. The van der Waals surface area contributed by atoms with Crippen LogP contribution in [-0.4, -0.2) is 73.0 Å². The van der Waals surface area contributed by atoms with Crippen molar-refractivity contribution in [1.29, 1.82) is 0 Å². The van der Waals surface area contributed by atoms with Gasteiger partial charge in [0.25, 0.3) is 0 Å². The molecule has 0 saturated carbocycles. The van der Waals surface area contributed by atoms with E-state index in [1.165, 1.54) is 29.7 Å². The fourth-order valence-electron chi connectivity index (χ4n) is 4.83. The first kappa shape index (κ1) is 24.6. The standard InChI is InChI=1S/C25H30N2O2.C2H2O4/c1-2-8-22-20(6-1)11-12-21(22)7-3-4-13-26-14-16-27(17-15-26)23-9-5-10-24-25(23)29-19-18-28-24;3-1(4)2(5)6/h1-3,5-10,21H,4,11-19H2;(H,3,4)(H,5,6). The summed E-state index contributed by atoms with van der Waals surface area (Å²) in [7, 11) is 0. The molecule has 1 unspecified atom stereocenters. The van der Waals surface area contributed by atoms with Crippen molar-refractivity contribution < 1.29 is 29.3 Å². The van der Waals surface area contributed by atoms with E-state index < -0.39 is 11.9 Å². The molecule has 0 bridgehead atoms. The first-order valence-corrected chi connectivity index (χ1v) is 12.1. The fraction of sp³-hybridized carbons (Fsp3) is 0.407. The van der Waals surface area contributed by atoms with E-state index in [-0.39, 0.29) is 0 Å². The van der Waals surface area contributed by atoms with Crippen molar-refractivity contribution in [3.05, 3.63) is 65.7 Å². The molecule has 2 N–H and O–H groups in total. The quantitative estimate of drug-likeness (QED) is 0.496. The van der Waals surface area contributed by atoms with Crippen LogP contribution in [0, 0.1) is 0 Å². The highest BCUT2D eigenvalue weighted by Gasteiger charge is 2.23. The van der Waals surface area contributed by atoms with Gasteiger partial charge in [0.1, 0.15) is 13.2 Å². The number of hydrogen-bond donors (Lipinski definition) is 2. The van der Waals surface area contributed by atoms with E-state index in [1.54, 1.807) is 0 Å². The zero-order chi connectivity index (χ0) is 24.6. The monoisotopic (exact) mass is 480 g/mol. The molecule has 1 aliphatic carbocycles. The number of aliphatic carboxylic acids is 2. The van der Waals surface area contributed by atoms with Crippen molar-refractivity contribution in [3.8, 4) is 11.5 Å². The minimum atomic E-state index is -1.82. The van der Waals surface area contributed by atoms with Crippen molar-refractivity contribution in [2.75, 3.05) is 50.8 Å². The van der Waals surface area contributed by atoms with E-state index in [1.807, 2.05) is 6.07 Å². The topological polar surface area (TPSA) is 99.5 Å². The molecule has 2 aromatic rings. The number of para-hydroxylation sites is 1. The molecule has 1 atom stereocenters. The third-order valence-electron chi connectivity index (χ3n) is 6.60. The number of benzene rings is 2. The number of hydrogen-bond acceptors (Lipinski definition) is 6. The highest BCUT2D eigenvalue weighted by Crippen LogP contribution is 2.39. The Morgan fingerprint density at radius 3 is 2.46 bits per heavy atom. The highest BCUT2D eigenvalue weighted by molar-refractivity contribution is 6.27. The number of carboxylic acids is 2. The van der Waals surface area contributed by atoms with Crippen LogP contribution in [0.25, 0.3) is 0 Å². The van der Waals surface area contributed by atoms with Crippen molar-refractivity contribution >= 4 is 17.6 Å². The number of nitrogens with zero attached hydrogens (tertiary/aromatic N) is 2. The van der Waals surface area contributed by atoms with Gasteiger partial charge in [0.05, 0.1) is 5.69 Å². The molecule has 2 aliphatic heterocycles. The summed E-state index contributed by atoms with van der Waals surface area (Å²) >= 11 is 0. The maximum atomic E-state index is 9.10. The van der Waals surface area contributed by atoms with Crippen LogP contribution in [0.5, 0.6) is 11.5 Å². The number of fused-ring (bicyclic) bond motifs is 2. The van der Waals surface area contributed by atoms with Crippen LogP contribution in [-0.2, 0) is 16.0 Å². The van der Waals surface area contributed by atoms with Crippen molar-refractivity contribution in [2.24, 2.45) is 0 Å².